The Labute approximate surface area is 110 Å². The van der Waals surface area contributed by atoms with E-state index in [0.717, 1.165) is 18.0 Å². The van der Waals surface area contributed by atoms with Crippen LogP contribution in [0.5, 0.6) is 0 Å². The summed E-state index contributed by atoms with van der Waals surface area (Å²) < 4.78 is 1.74. The van der Waals surface area contributed by atoms with Crippen LogP contribution in [0, 0.1) is 5.92 Å². The Balaban J connectivity index is 2.06. The molecule has 1 aliphatic rings. The number of carboxylic acid groups (broad SMARTS) is 1. The van der Waals surface area contributed by atoms with Crippen LogP contribution in [-0.2, 0) is 16.1 Å². The van der Waals surface area contributed by atoms with Crippen molar-refractivity contribution < 1.29 is 9.90 Å². The van der Waals surface area contributed by atoms with Crippen molar-refractivity contribution in [1.82, 2.24) is 20.2 Å². The zero-order chi connectivity index (χ0) is 13.2. The Kier molecular flexibility index (Phi) is 3.89. The first-order valence-electron chi connectivity index (χ1n) is 6.16. The van der Waals surface area contributed by atoms with Crippen LogP contribution in [0.25, 0.3) is 0 Å². The van der Waals surface area contributed by atoms with Crippen LogP contribution in [0.15, 0.2) is 0 Å². The highest BCUT2D eigenvalue weighted by Gasteiger charge is 2.36. The van der Waals surface area contributed by atoms with Crippen molar-refractivity contribution in [3.8, 4) is 0 Å². The Morgan fingerprint density at radius 3 is 3.06 bits per heavy atom. The number of aliphatic carboxylic acids is 1. The van der Waals surface area contributed by atoms with Crippen LogP contribution in [0.4, 0.5) is 0 Å². The van der Waals surface area contributed by atoms with Crippen LogP contribution in [-0.4, -0.2) is 37.0 Å². The predicted octanol–water partition coefficient (Wildman–Crippen LogP) is 1.53. The Morgan fingerprint density at radius 1 is 1.67 bits per heavy atom. The molecule has 0 radical (unpaired) electrons. The van der Waals surface area contributed by atoms with Crippen molar-refractivity contribution in [1.29, 1.82) is 0 Å². The van der Waals surface area contributed by atoms with Crippen molar-refractivity contribution in [3.05, 3.63) is 5.82 Å². The molecule has 2 atom stereocenters. The van der Waals surface area contributed by atoms with Gasteiger partial charge >= 0.3 is 5.97 Å². The summed E-state index contributed by atoms with van der Waals surface area (Å²) in [6, 6.07) is 0. The lowest BCUT2D eigenvalue weighted by molar-refractivity contribution is -0.141. The molecule has 0 spiro atoms. The van der Waals surface area contributed by atoms with E-state index in [9.17, 15) is 4.79 Å². The second kappa shape index (κ2) is 5.26. The molecule has 6 nitrogen and oxygen atoms in total. The molecule has 1 aromatic heterocycles. The Morgan fingerprint density at radius 2 is 2.44 bits per heavy atom. The minimum atomic E-state index is -0.772. The average molecular weight is 270 g/mol. The summed E-state index contributed by atoms with van der Waals surface area (Å²) in [5, 5.41) is 20.7. The molecule has 0 aliphatic carbocycles. The van der Waals surface area contributed by atoms with E-state index >= 15 is 0 Å². The molecule has 1 N–H and O–H groups in total. The number of aryl methyl sites for hydroxylation is 1. The van der Waals surface area contributed by atoms with Crippen LogP contribution in [0.1, 0.15) is 38.9 Å². The van der Waals surface area contributed by atoms with Gasteiger partial charge in [0.15, 0.2) is 5.82 Å². The molecule has 0 amide bonds. The molecule has 0 bridgehead atoms. The standard InChI is InChI=1S/C11H18N4O2S/c1-8(9(16)17)4-6-15-10(12-13-14-15)11(2)5-3-7-18-11/h8H,3-7H2,1-2H3,(H,16,17). The summed E-state index contributed by atoms with van der Waals surface area (Å²) >= 11 is 1.88. The van der Waals surface area contributed by atoms with Crippen LogP contribution < -0.4 is 0 Å². The summed E-state index contributed by atoms with van der Waals surface area (Å²) in [6.07, 6.45) is 2.81. The zero-order valence-corrected chi connectivity index (χ0v) is 11.5. The van der Waals surface area contributed by atoms with E-state index in [1.54, 1.807) is 11.6 Å². The van der Waals surface area contributed by atoms with Gasteiger partial charge in [-0.3, -0.25) is 4.79 Å². The molecular weight excluding hydrogens is 252 g/mol. The summed E-state index contributed by atoms with van der Waals surface area (Å²) in [4.78, 5) is 10.8. The Hall–Kier alpha value is -1.11. The van der Waals surface area contributed by atoms with Gasteiger partial charge < -0.3 is 5.11 Å². The van der Waals surface area contributed by atoms with E-state index in [1.165, 1.54) is 6.42 Å². The van der Waals surface area contributed by atoms with E-state index in [0.29, 0.717) is 13.0 Å². The van der Waals surface area contributed by atoms with Gasteiger partial charge in [-0.25, -0.2) is 4.68 Å². The van der Waals surface area contributed by atoms with Gasteiger partial charge in [0.2, 0.25) is 0 Å². The molecule has 1 saturated heterocycles. The van der Waals surface area contributed by atoms with Crippen LogP contribution in [0.2, 0.25) is 0 Å². The molecule has 2 unspecified atom stereocenters. The van der Waals surface area contributed by atoms with Crippen LogP contribution >= 0.6 is 11.8 Å². The number of nitrogens with zero attached hydrogens (tertiary/aromatic N) is 4. The zero-order valence-electron chi connectivity index (χ0n) is 10.7. The number of tetrazole rings is 1. The summed E-state index contributed by atoms with van der Waals surface area (Å²) in [6.45, 7) is 4.43. The van der Waals surface area contributed by atoms with Crippen molar-refractivity contribution in [2.24, 2.45) is 5.92 Å². The van der Waals surface area contributed by atoms with E-state index < -0.39 is 5.97 Å². The number of hydrogen-bond donors (Lipinski definition) is 1. The van der Waals surface area contributed by atoms with Crippen molar-refractivity contribution in [2.75, 3.05) is 5.75 Å². The minimum Gasteiger partial charge on any atom is -0.481 e. The fourth-order valence-corrected chi connectivity index (χ4v) is 3.43. The maximum atomic E-state index is 10.8. The molecule has 2 heterocycles. The van der Waals surface area contributed by atoms with Crippen molar-refractivity contribution in [3.63, 3.8) is 0 Å². The normalized spacial score (nSPS) is 25.2. The molecule has 7 heteroatoms. The van der Waals surface area contributed by atoms with Crippen LogP contribution in [0.3, 0.4) is 0 Å². The van der Waals surface area contributed by atoms with Gasteiger partial charge in [-0.15, -0.1) is 16.9 Å². The molecule has 2 rings (SSSR count). The topological polar surface area (TPSA) is 80.9 Å². The van der Waals surface area contributed by atoms with Gasteiger partial charge in [0.25, 0.3) is 0 Å². The monoisotopic (exact) mass is 270 g/mol. The fourth-order valence-electron chi connectivity index (χ4n) is 2.13. The van der Waals surface area contributed by atoms with Crippen molar-refractivity contribution in [2.45, 2.75) is 44.4 Å². The molecule has 1 aliphatic heterocycles. The highest BCUT2D eigenvalue weighted by Crippen LogP contribution is 2.44. The third-order valence-electron chi connectivity index (χ3n) is 3.42. The SMILES string of the molecule is CC(CCn1nnnc1C1(C)CCCS1)C(=O)O. The molecule has 100 valence electrons. The first-order chi connectivity index (χ1) is 8.53. The van der Waals surface area contributed by atoms with Gasteiger partial charge in [0, 0.05) is 6.54 Å². The van der Waals surface area contributed by atoms with E-state index in [2.05, 4.69) is 22.4 Å². The molecule has 1 fully saturated rings. The number of carbonyl (C=O) groups is 1. The summed E-state index contributed by atoms with van der Waals surface area (Å²) in [5.74, 6) is 0.870. The molecule has 1 aromatic rings. The third kappa shape index (κ3) is 2.66. The first kappa shape index (κ1) is 13.3. The lowest BCUT2D eigenvalue weighted by atomic mass is 10.0. The van der Waals surface area contributed by atoms with Gasteiger partial charge in [0.05, 0.1) is 10.7 Å². The quantitative estimate of drug-likeness (QED) is 0.873. The second-order valence-electron chi connectivity index (χ2n) is 4.94. The Bertz CT molecular complexity index is 428. The number of hydrogen-bond acceptors (Lipinski definition) is 5. The molecular formula is C11H18N4O2S. The number of rotatable bonds is 5. The molecule has 18 heavy (non-hydrogen) atoms. The average Bonchev–Trinajstić information content (AvgIpc) is 2.94. The number of thioether (sulfide) groups is 1. The van der Waals surface area contributed by atoms with Crippen molar-refractivity contribution >= 4 is 17.7 Å². The fraction of sp³-hybridized carbons (Fsp3) is 0.818. The number of carboxylic acids is 1. The third-order valence-corrected chi connectivity index (χ3v) is 4.94. The highest BCUT2D eigenvalue weighted by molar-refractivity contribution is 8.00. The number of aromatic nitrogens is 4. The minimum absolute atomic E-state index is 0.0179. The predicted molar refractivity (Wildman–Crippen MR) is 68.3 cm³/mol. The first-order valence-corrected chi connectivity index (χ1v) is 7.15. The largest absolute Gasteiger partial charge is 0.481 e. The maximum absolute atomic E-state index is 10.8. The van der Waals surface area contributed by atoms with Gasteiger partial charge in [-0.1, -0.05) is 6.92 Å². The lowest BCUT2D eigenvalue weighted by Gasteiger charge is -2.21. The lowest BCUT2D eigenvalue weighted by Crippen LogP contribution is -2.22. The van der Waals surface area contributed by atoms with E-state index in [4.69, 9.17) is 5.11 Å². The van der Waals surface area contributed by atoms with Gasteiger partial charge in [-0.2, -0.15) is 0 Å². The van der Waals surface area contributed by atoms with E-state index in [-0.39, 0.29) is 10.7 Å². The molecule has 0 saturated carbocycles. The van der Waals surface area contributed by atoms with E-state index in [1.807, 2.05) is 11.8 Å². The second-order valence-corrected chi connectivity index (χ2v) is 6.53. The summed E-state index contributed by atoms with van der Waals surface area (Å²) in [5.41, 5.74) is 0. The van der Waals surface area contributed by atoms with Gasteiger partial charge in [-0.05, 0) is 42.4 Å². The summed E-state index contributed by atoms with van der Waals surface area (Å²) in [7, 11) is 0. The van der Waals surface area contributed by atoms with Gasteiger partial charge in [0.1, 0.15) is 0 Å². The smallest absolute Gasteiger partial charge is 0.306 e. The molecule has 0 aromatic carbocycles. The maximum Gasteiger partial charge on any atom is 0.306 e. The highest BCUT2D eigenvalue weighted by atomic mass is 32.2.